The summed E-state index contributed by atoms with van der Waals surface area (Å²) < 4.78 is 4.33. The fraction of sp³-hybridized carbons (Fsp3) is 0.273. The Hall–Kier alpha value is -1.56. The summed E-state index contributed by atoms with van der Waals surface area (Å²) in [5, 5.41) is 16.4. The first-order chi connectivity index (χ1) is 13.0. The van der Waals surface area contributed by atoms with E-state index < -0.39 is 6.10 Å². The van der Waals surface area contributed by atoms with Crippen molar-refractivity contribution in [1.82, 2.24) is 9.88 Å². The van der Waals surface area contributed by atoms with E-state index in [0.29, 0.717) is 19.0 Å². The number of aromatic nitrogens is 1. The van der Waals surface area contributed by atoms with E-state index in [1.165, 1.54) is 10.8 Å². The molecule has 0 bridgehead atoms. The van der Waals surface area contributed by atoms with Gasteiger partial charge in [-0.05, 0) is 54.8 Å². The molecule has 0 spiro atoms. The predicted octanol–water partition coefficient (Wildman–Crippen LogP) is 5.75. The third kappa shape index (κ3) is 4.00. The van der Waals surface area contributed by atoms with E-state index in [2.05, 4.69) is 103 Å². The maximum Gasteiger partial charge on any atom is 0.0891 e. The van der Waals surface area contributed by atoms with Crippen LogP contribution < -0.4 is 5.32 Å². The highest BCUT2D eigenvalue weighted by atomic mass is 79.9. The first kappa shape index (κ1) is 18.8. The highest BCUT2D eigenvalue weighted by molar-refractivity contribution is 9.10. The topological polar surface area (TPSA) is 37.2 Å². The fourth-order valence-electron chi connectivity index (χ4n) is 3.71. The molecule has 2 aromatic carbocycles. The van der Waals surface area contributed by atoms with Gasteiger partial charge in [0.15, 0.2) is 0 Å². The monoisotopic (exact) mass is 488 g/mol. The molecule has 1 aliphatic carbocycles. The van der Waals surface area contributed by atoms with Gasteiger partial charge < -0.3 is 15.0 Å². The van der Waals surface area contributed by atoms with Crippen molar-refractivity contribution in [3.05, 3.63) is 69.3 Å². The third-order valence-electron chi connectivity index (χ3n) is 4.99. The average molecular weight is 490 g/mol. The zero-order valence-electron chi connectivity index (χ0n) is 15.1. The summed E-state index contributed by atoms with van der Waals surface area (Å²) in [5.41, 5.74) is 3.37. The minimum atomic E-state index is -0.484. The lowest BCUT2D eigenvalue weighted by molar-refractivity contribution is 0.157. The van der Waals surface area contributed by atoms with E-state index in [1.807, 2.05) is 0 Å². The number of benzene rings is 2. The molecule has 1 aliphatic rings. The van der Waals surface area contributed by atoms with Crippen LogP contribution in [0.5, 0.6) is 0 Å². The zero-order chi connectivity index (χ0) is 19.0. The maximum absolute atomic E-state index is 10.7. The molecule has 3 nitrogen and oxygen atoms in total. The molecule has 0 aliphatic heterocycles. The normalized spacial score (nSPS) is 18.1. The van der Waals surface area contributed by atoms with Gasteiger partial charge >= 0.3 is 0 Å². The minimum absolute atomic E-state index is 0.484. The lowest BCUT2D eigenvalue weighted by Crippen LogP contribution is -2.30. The molecule has 0 amide bonds. The number of fused-ring (bicyclic) bond motifs is 3. The van der Waals surface area contributed by atoms with Crippen molar-refractivity contribution in [2.24, 2.45) is 5.92 Å². The third-order valence-corrected chi connectivity index (χ3v) is 5.98. The second-order valence-electron chi connectivity index (χ2n) is 7.21. The van der Waals surface area contributed by atoms with Crippen LogP contribution in [0.25, 0.3) is 21.8 Å². The lowest BCUT2D eigenvalue weighted by atomic mass is 10.0. The van der Waals surface area contributed by atoms with Gasteiger partial charge in [0.25, 0.3) is 0 Å². The van der Waals surface area contributed by atoms with Crippen LogP contribution in [0.1, 0.15) is 13.3 Å². The second kappa shape index (κ2) is 7.82. The largest absolute Gasteiger partial charge is 0.389 e. The molecule has 0 fully saturated rings. The minimum Gasteiger partial charge on any atom is -0.389 e. The van der Waals surface area contributed by atoms with E-state index in [1.54, 1.807) is 0 Å². The van der Waals surface area contributed by atoms with E-state index in [4.69, 9.17) is 0 Å². The number of hydrogen-bond acceptors (Lipinski definition) is 2. The molecule has 0 radical (unpaired) electrons. The molecule has 1 aromatic heterocycles. The number of allylic oxidation sites excluding steroid dienone is 3. The van der Waals surface area contributed by atoms with Crippen LogP contribution in [0, 0.1) is 5.92 Å². The Bertz CT molecular complexity index is 992. The molecule has 0 saturated heterocycles. The molecule has 5 heteroatoms. The first-order valence-electron chi connectivity index (χ1n) is 9.18. The van der Waals surface area contributed by atoms with Crippen LogP contribution in [-0.2, 0) is 6.54 Å². The van der Waals surface area contributed by atoms with Crippen LogP contribution >= 0.6 is 31.9 Å². The van der Waals surface area contributed by atoms with Gasteiger partial charge in [0.1, 0.15) is 0 Å². The highest BCUT2D eigenvalue weighted by Crippen LogP contribution is 2.33. The van der Waals surface area contributed by atoms with Crippen LogP contribution in [0.2, 0.25) is 0 Å². The Morgan fingerprint density at radius 2 is 1.74 bits per heavy atom. The predicted molar refractivity (Wildman–Crippen MR) is 120 cm³/mol. The van der Waals surface area contributed by atoms with Crippen LogP contribution in [0.15, 0.2) is 69.3 Å². The number of rotatable bonds is 5. The highest BCUT2D eigenvalue weighted by Gasteiger charge is 2.15. The van der Waals surface area contributed by atoms with Crippen molar-refractivity contribution in [3.8, 4) is 0 Å². The van der Waals surface area contributed by atoms with Crippen molar-refractivity contribution in [3.63, 3.8) is 0 Å². The van der Waals surface area contributed by atoms with E-state index in [-0.39, 0.29) is 0 Å². The van der Waals surface area contributed by atoms with Gasteiger partial charge in [-0.1, -0.05) is 50.9 Å². The van der Waals surface area contributed by atoms with E-state index in [0.717, 1.165) is 32.1 Å². The molecule has 27 heavy (non-hydrogen) atoms. The molecule has 140 valence electrons. The standard InChI is InChI=1S/C22H22Br2N2O/c1-14-3-2-4-17(9-14)25-12-18(27)13-26-21-7-5-15(23)10-19(21)20-11-16(24)6-8-22(20)26/h2,4-11,14,18,25,27H,3,12-13H2,1H3. The van der Waals surface area contributed by atoms with Crippen molar-refractivity contribution in [2.45, 2.75) is 26.0 Å². The summed E-state index contributed by atoms with van der Waals surface area (Å²) in [6.45, 7) is 3.27. The Morgan fingerprint density at radius 3 is 2.33 bits per heavy atom. The van der Waals surface area contributed by atoms with Crippen LogP contribution in [-0.4, -0.2) is 22.3 Å². The van der Waals surface area contributed by atoms with Crippen LogP contribution in [0.4, 0.5) is 0 Å². The van der Waals surface area contributed by atoms with Gasteiger partial charge in [0, 0.05) is 43.0 Å². The Labute approximate surface area is 176 Å². The summed E-state index contributed by atoms with van der Waals surface area (Å²) >= 11 is 7.15. The molecule has 2 unspecified atom stereocenters. The van der Waals surface area contributed by atoms with Crippen molar-refractivity contribution >= 4 is 53.7 Å². The molecular weight excluding hydrogens is 468 g/mol. The smallest absolute Gasteiger partial charge is 0.0891 e. The lowest BCUT2D eigenvalue weighted by Gasteiger charge is -2.18. The number of nitrogens with one attached hydrogen (secondary N) is 1. The van der Waals surface area contributed by atoms with Crippen molar-refractivity contribution in [1.29, 1.82) is 0 Å². The summed E-state index contributed by atoms with van der Waals surface area (Å²) in [6.07, 6.45) is 7.11. The summed E-state index contributed by atoms with van der Waals surface area (Å²) in [4.78, 5) is 0. The summed E-state index contributed by atoms with van der Waals surface area (Å²) in [5.74, 6) is 0.545. The van der Waals surface area contributed by atoms with Crippen LogP contribution in [0.3, 0.4) is 0 Å². The van der Waals surface area contributed by atoms with Crippen molar-refractivity contribution < 1.29 is 5.11 Å². The number of hydrogen-bond donors (Lipinski definition) is 2. The zero-order valence-corrected chi connectivity index (χ0v) is 18.3. The fourth-order valence-corrected chi connectivity index (χ4v) is 4.44. The number of halogens is 2. The average Bonchev–Trinajstić information content (AvgIpc) is 2.92. The Kier molecular flexibility index (Phi) is 5.44. The molecule has 0 saturated carbocycles. The van der Waals surface area contributed by atoms with Gasteiger partial charge in [0.05, 0.1) is 12.6 Å². The first-order valence-corrected chi connectivity index (χ1v) is 10.8. The van der Waals surface area contributed by atoms with Gasteiger partial charge in [-0.2, -0.15) is 0 Å². The number of aliphatic hydroxyl groups excluding tert-OH is 1. The molecule has 2 atom stereocenters. The van der Waals surface area contributed by atoms with Gasteiger partial charge in [-0.15, -0.1) is 0 Å². The molecule has 3 aromatic rings. The SMILES string of the molecule is CC1C=C(NCC(O)Cn2c3ccc(Br)cc3c3cc(Br)ccc32)C=CC1. The molecule has 1 heterocycles. The van der Waals surface area contributed by atoms with E-state index in [9.17, 15) is 5.11 Å². The number of aliphatic hydroxyl groups is 1. The quantitative estimate of drug-likeness (QED) is 0.478. The van der Waals surface area contributed by atoms with Gasteiger partial charge in [-0.25, -0.2) is 0 Å². The van der Waals surface area contributed by atoms with E-state index >= 15 is 0 Å². The maximum atomic E-state index is 10.7. The summed E-state index contributed by atoms with van der Waals surface area (Å²) in [6, 6.07) is 12.6. The second-order valence-corrected chi connectivity index (χ2v) is 9.04. The number of nitrogens with zero attached hydrogens (tertiary/aromatic N) is 1. The van der Waals surface area contributed by atoms with Crippen molar-refractivity contribution in [2.75, 3.05) is 6.54 Å². The van der Waals surface area contributed by atoms with Gasteiger partial charge in [-0.3, -0.25) is 0 Å². The summed E-state index contributed by atoms with van der Waals surface area (Å²) in [7, 11) is 0. The Morgan fingerprint density at radius 1 is 1.11 bits per heavy atom. The Balaban J connectivity index is 1.61. The molecule has 2 N–H and O–H groups in total. The van der Waals surface area contributed by atoms with Gasteiger partial charge in [0.2, 0.25) is 0 Å². The molecular formula is C22H22Br2N2O. The molecule has 4 rings (SSSR count).